The summed E-state index contributed by atoms with van der Waals surface area (Å²) in [6.45, 7) is 6.02. The van der Waals surface area contributed by atoms with Crippen LogP contribution in [0.4, 0.5) is 5.69 Å². The van der Waals surface area contributed by atoms with Crippen molar-refractivity contribution in [2.24, 2.45) is 0 Å². The first-order chi connectivity index (χ1) is 6.89. The minimum atomic E-state index is -3.36. The van der Waals surface area contributed by atoms with Crippen molar-refractivity contribution in [3.8, 4) is 0 Å². The largest absolute Gasteiger partial charge is 0.398 e. The summed E-state index contributed by atoms with van der Waals surface area (Å²) in [6, 6.07) is 1.47. The van der Waals surface area contributed by atoms with Gasteiger partial charge in [0, 0.05) is 23.7 Å². The van der Waals surface area contributed by atoms with Gasteiger partial charge in [0.2, 0.25) is 0 Å². The molecule has 2 N–H and O–H groups in total. The van der Waals surface area contributed by atoms with Gasteiger partial charge in [0.1, 0.15) is 4.21 Å². The standard InChI is InChI=1S/C9H16N2O2S2/c1-4-11(7(2)3)15(12,13)9-5-8(10)6-14-9/h5-7H,4,10H2,1-3H3. The Morgan fingerprint density at radius 2 is 2.13 bits per heavy atom. The molecule has 1 heterocycles. The lowest BCUT2D eigenvalue weighted by atomic mass is 10.4. The normalized spacial score (nSPS) is 12.6. The van der Waals surface area contributed by atoms with Gasteiger partial charge < -0.3 is 5.73 Å². The Labute approximate surface area is 94.8 Å². The molecule has 0 aliphatic carbocycles. The summed E-state index contributed by atoms with van der Waals surface area (Å²) in [7, 11) is -3.36. The molecule has 0 aromatic carbocycles. The molecule has 0 radical (unpaired) electrons. The first-order valence-corrected chi connectivity index (χ1v) is 7.07. The van der Waals surface area contributed by atoms with Crippen LogP contribution in [-0.4, -0.2) is 25.3 Å². The van der Waals surface area contributed by atoms with E-state index >= 15 is 0 Å². The van der Waals surface area contributed by atoms with Gasteiger partial charge in [0.05, 0.1) is 0 Å². The Kier molecular flexibility index (Phi) is 3.75. The van der Waals surface area contributed by atoms with E-state index in [0.717, 1.165) is 11.3 Å². The van der Waals surface area contributed by atoms with Crippen molar-refractivity contribution in [1.29, 1.82) is 0 Å². The van der Waals surface area contributed by atoms with Gasteiger partial charge in [-0.15, -0.1) is 11.3 Å². The number of hydrogen-bond acceptors (Lipinski definition) is 4. The predicted molar refractivity (Wildman–Crippen MR) is 63.4 cm³/mol. The number of nitrogen functional groups attached to an aromatic ring is 1. The summed E-state index contributed by atoms with van der Waals surface area (Å²) in [5.74, 6) is 0. The molecule has 1 aromatic heterocycles. The maximum Gasteiger partial charge on any atom is 0.252 e. The van der Waals surface area contributed by atoms with Crippen LogP contribution in [0.25, 0.3) is 0 Å². The molecule has 0 unspecified atom stereocenters. The van der Waals surface area contributed by atoms with Crippen LogP contribution in [0.5, 0.6) is 0 Å². The number of nitrogens with zero attached hydrogens (tertiary/aromatic N) is 1. The highest BCUT2D eigenvalue weighted by molar-refractivity contribution is 7.91. The van der Waals surface area contributed by atoms with Crippen LogP contribution in [-0.2, 0) is 10.0 Å². The van der Waals surface area contributed by atoms with E-state index < -0.39 is 10.0 Å². The second-order valence-corrected chi connectivity index (χ2v) is 6.53. The van der Waals surface area contributed by atoms with Crippen molar-refractivity contribution in [1.82, 2.24) is 4.31 Å². The Hall–Kier alpha value is -0.590. The van der Waals surface area contributed by atoms with E-state index in [9.17, 15) is 8.42 Å². The minimum Gasteiger partial charge on any atom is -0.398 e. The number of anilines is 1. The molecule has 0 saturated heterocycles. The smallest absolute Gasteiger partial charge is 0.252 e. The van der Waals surface area contributed by atoms with E-state index in [-0.39, 0.29) is 6.04 Å². The molecule has 6 heteroatoms. The molecule has 0 saturated carbocycles. The van der Waals surface area contributed by atoms with Crippen molar-refractivity contribution in [3.63, 3.8) is 0 Å². The lowest BCUT2D eigenvalue weighted by molar-refractivity contribution is 0.370. The van der Waals surface area contributed by atoms with Crippen molar-refractivity contribution in [3.05, 3.63) is 11.4 Å². The zero-order valence-electron chi connectivity index (χ0n) is 9.10. The Morgan fingerprint density at radius 1 is 1.53 bits per heavy atom. The summed E-state index contributed by atoms with van der Waals surface area (Å²) in [6.07, 6.45) is 0. The second-order valence-electron chi connectivity index (χ2n) is 3.50. The van der Waals surface area contributed by atoms with Crippen LogP contribution in [0.1, 0.15) is 20.8 Å². The average molecular weight is 248 g/mol. The quantitative estimate of drug-likeness (QED) is 0.883. The molecule has 0 amide bonds. The lowest BCUT2D eigenvalue weighted by Gasteiger charge is -2.23. The second kappa shape index (κ2) is 4.51. The van der Waals surface area contributed by atoms with Crippen LogP contribution >= 0.6 is 11.3 Å². The van der Waals surface area contributed by atoms with Gasteiger partial charge in [-0.1, -0.05) is 6.92 Å². The molecule has 1 aromatic rings. The maximum absolute atomic E-state index is 12.1. The third-order valence-corrected chi connectivity index (χ3v) is 5.63. The summed E-state index contributed by atoms with van der Waals surface area (Å²) < 4.78 is 26.0. The van der Waals surface area contributed by atoms with Gasteiger partial charge in [-0.05, 0) is 19.9 Å². The maximum atomic E-state index is 12.1. The highest BCUT2D eigenvalue weighted by atomic mass is 32.2. The van der Waals surface area contributed by atoms with Gasteiger partial charge in [-0.3, -0.25) is 0 Å². The minimum absolute atomic E-state index is 0.0386. The summed E-state index contributed by atoms with van der Waals surface area (Å²) in [5, 5.41) is 1.64. The Bertz CT molecular complexity index is 423. The molecular formula is C9H16N2O2S2. The van der Waals surface area contributed by atoms with Crippen molar-refractivity contribution in [2.45, 2.75) is 31.0 Å². The topological polar surface area (TPSA) is 63.4 Å². The molecule has 0 aliphatic heterocycles. The van der Waals surface area contributed by atoms with Crippen LogP contribution in [0.2, 0.25) is 0 Å². The zero-order valence-corrected chi connectivity index (χ0v) is 10.7. The van der Waals surface area contributed by atoms with E-state index in [1.54, 1.807) is 5.38 Å². The zero-order chi connectivity index (χ0) is 11.6. The SMILES string of the molecule is CCN(C(C)C)S(=O)(=O)c1cc(N)cs1. The Balaban J connectivity index is 3.12. The summed E-state index contributed by atoms with van der Waals surface area (Å²) >= 11 is 1.16. The molecule has 0 atom stereocenters. The number of nitrogens with two attached hydrogens (primary N) is 1. The van der Waals surface area contributed by atoms with E-state index in [1.807, 2.05) is 20.8 Å². The van der Waals surface area contributed by atoms with Crippen molar-refractivity contribution >= 4 is 27.0 Å². The van der Waals surface area contributed by atoms with Crippen LogP contribution in [0, 0.1) is 0 Å². The highest BCUT2D eigenvalue weighted by Gasteiger charge is 2.26. The molecule has 0 bridgehead atoms. The monoisotopic (exact) mass is 248 g/mol. The fraction of sp³-hybridized carbons (Fsp3) is 0.556. The van der Waals surface area contributed by atoms with Gasteiger partial charge in [-0.2, -0.15) is 4.31 Å². The summed E-state index contributed by atoms with van der Waals surface area (Å²) in [4.78, 5) is 0. The van der Waals surface area contributed by atoms with Gasteiger partial charge in [0.15, 0.2) is 0 Å². The summed E-state index contributed by atoms with van der Waals surface area (Å²) in [5.41, 5.74) is 6.02. The van der Waals surface area contributed by atoms with Gasteiger partial charge in [0.25, 0.3) is 10.0 Å². The number of rotatable bonds is 4. The van der Waals surface area contributed by atoms with Gasteiger partial charge >= 0.3 is 0 Å². The first kappa shape index (κ1) is 12.5. The van der Waals surface area contributed by atoms with Crippen LogP contribution < -0.4 is 5.73 Å². The van der Waals surface area contributed by atoms with E-state index in [4.69, 9.17) is 5.73 Å². The fourth-order valence-corrected chi connectivity index (χ4v) is 4.25. The molecule has 0 aliphatic rings. The molecule has 86 valence electrons. The molecule has 0 fully saturated rings. The first-order valence-electron chi connectivity index (χ1n) is 4.75. The molecule has 0 spiro atoms. The van der Waals surface area contributed by atoms with E-state index in [1.165, 1.54) is 10.4 Å². The number of sulfonamides is 1. The van der Waals surface area contributed by atoms with Crippen LogP contribution in [0.3, 0.4) is 0 Å². The predicted octanol–water partition coefficient (Wildman–Crippen LogP) is 1.75. The van der Waals surface area contributed by atoms with E-state index in [2.05, 4.69) is 0 Å². The third-order valence-electron chi connectivity index (χ3n) is 2.05. The average Bonchev–Trinajstić information content (AvgIpc) is 2.52. The van der Waals surface area contributed by atoms with Gasteiger partial charge in [-0.25, -0.2) is 8.42 Å². The highest BCUT2D eigenvalue weighted by Crippen LogP contribution is 2.25. The fourth-order valence-electron chi connectivity index (χ4n) is 1.39. The van der Waals surface area contributed by atoms with E-state index in [0.29, 0.717) is 16.4 Å². The number of hydrogen-bond donors (Lipinski definition) is 1. The molecule has 4 nitrogen and oxygen atoms in total. The lowest BCUT2D eigenvalue weighted by Crippen LogP contribution is -2.36. The molecule has 15 heavy (non-hydrogen) atoms. The third kappa shape index (κ3) is 2.50. The Morgan fingerprint density at radius 3 is 2.47 bits per heavy atom. The van der Waals surface area contributed by atoms with Crippen LogP contribution in [0.15, 0.2) is 15.7 Å². The van der Waals surface area contributed by atoms with Crippen molar-refractivity contribution in [2.75, 3.05) is 12.3 Å². The molecular weight excluding hydrogens is 232 g/mol. The molecule has 1 rings (SSSR count). The van der Waals surface area contributed by atoms with Crippen molar-refractivity contribution < 1.29 is 8.42 Å². The number of thiophene rings is 1.